The molecule has 2 heteroatoms. The Morgan fingerprint density at radius 3 is 2.33 bits per heavy atom. The molecule has 1 atom stereocenters. The maximum absolute atomic E-state index is 13.4. The Bertz CT molecular complexity index is 572. The molecular weight excluding hydrogens is 261 g/mol. The van der Waals surface area contributed by atoms with E-state index >= 15 is 0 Å². The van der Waals surface area contributed by atoms with Crippen LogP contribution < -0.4 is 5.32 Å². The number of rotatable bonds is 6. The highest BCUT2D eigenvalue weighted by Gasteiger charge is 2.16. The molecule has 0 spiro atoms. The van der Waals surface area contributed by atoms with Crippen LogP contribution in [0.1, 0.15) is 41.6 Å². The molecule has 0 radical (unpaired) electrons. The second-order valence-electron chi connectivity index (χ2n) is 5.65. The Morgan fingerprint density at radius 2 is 1.71 bits per heavy atom. The summed E-state index contributed by atoms with van der Waals surface area (Å²) < 4.78 is 13.4. The molecule has 0 saturated heterocycles. The van der Waals surface area contributed by atoms with Crippen LogP contribution in [0.5, 0.6) is 0 Å². The van der Waals surface area contributed by atoms with Gasteiger partial charge in [0.05, 0.1) is 0 Å². The average molecular weight is 285 g/mol. The van der Waals surface area contributed by atoms with Crippen LogP contribution in [0.2, 0.25) is 0 Å². The monoisotopic (exact) mass is 285 g/mol. The third-order valence-electron chi connectivity index (χ3n) is 3.86. The molecule has 0 aromatic heterocycles. The molecule has 2 aromatic rings. The normalized spacial score (nSPS) is 12.4. The van der Waals surface area contributed by atoms with Crippen molar-refractivity contribution in [1.82, 2.24) is 5.32 Å². The first-order valence-electron chi connectivity index (χ1n) is 7.65. The molecule has 0 aliphatic carbocycles. The fourth-order valence-corrected chi connectivity index (χ4v) is 2.87. The topological polar surface area (TPSA) is 12.0 Å². The summed E-state index contributed by atoms with van der Waals surface area (Å²) in [6, 6.07) is 13.5. The van der Waals surface area contributed by atoms with Gasteiger partial charge in [-0.2, -0.15) is 0 Å². The van der Waals surface area contributed by atoms with Gasteiger partial charge in [0, 0.05) is 6.04 Å². The molecule has 0 saturated carbocycles. The molecule has 0 bridgehead atoms. The van der Waals surface area contributed by atoms with Gasteiger partial charge in [-0.25, -0.2) is 4.39 Å². The highest BCUT2D eigenvalue weighted by atomic mass is 19.1. The quantitative estimate of drug-likeness (QED) is 0.809. The van der Waals surface area contributed by atoms with E-state index in [1.165, 1.54) is 22.8 Å². The highest BCUT2D eigenvalue weighted by molar-refractivity contribution is 5.37. The minimum Gasteiger partial charge on any atom is -0.310 e. The molecule has 1 N–H and O–H groups in total. The lowest BCUT2D eigenvalue weighted by Gasteiger charge is -2.23. The Hall–Kier alpha value is -1.67. The number of hydrogen-bond acceptors (Lipinski definition) is 1. The second-order valence-corrected chi connectivity index (χ2v) is 5.65. The third kappa shape index (κ3) is 4.15. The number of benzene rings is 2. The van der Waals surface area contributed by atoms with Crippen molar-refractivity contribution in [2.24, 2.45) is 0 Å². The first-order valence-corrected chi connectivity index (χ1v) is 7.65. The summed E-state index contributed by atoms with van der Waals surface area (Å²) >= 11 is 0. The molecule has 21 heavy (non-hydrogen) atoms. The molecule has 1 nitrogen and oxygen atoms in total. The zero-order chi connectivity index (χ0) is 15.2. The van der Waals surface area contributed by atoms with E-state index < -0.39 is 0 Å². The van der Waals surface area contributed by atoms with Crippen LogP contribution in [0.3, 0.4) is 0 Å². The summed E-state index contributed by atoms with van der Waals surface area (Å²) in [7, 11) is 0. The van der Waals surface area contributed by atoms with Crippen molar-refractivity contribution < 1.29 is 4.39 Å². The fraction of sp³-hybridized carbons (Fsp3) is 0.368. The summed E-state index contributed by atoms with van der Waals surface area (Å²) in [6.07, 6.45) is 1.90. The molecule has 0 amide bonds. The Morgan fingerprint density at radius 1 is 1.05 bits per heavy atom. The summed E-state index contributed by atoms with van der Waals surface area (Å²) in [5, 5.41) is 3.61. The Balaban J connectivity index is 2.30. The van der Waals surface area contributed by atoms with E-state index in [9.17, 15) is 4.39 Å². The number of hydrogen-bond donors (Lipinski definition) is 1. The van der Waals surface area contributed by atoms with E-state index in [0.29, 0.717) is 0 Å². The van der Waals surface area contributed by atoms with Gasteiger partial charge < -0.3 is 5.32 Å². The van der Waals surface area contributed by atoms with Gasteiger partial charge in [-0.05, 0) is 67.6 Å². The largest absolute Gasteiger partial charge is 0.310 e. The standard InChI is InChI=1S/C19H24FN/c1-4-11-21-18(13-16-9-6-10-17(20)12-16)19-14(2)7-5-8-15(19)3/h5-10,12,18,21H,4,11,13H2,1-3H3. The second kappa shape index (κ2) is 7.37. The summed E-state index contributed by atoms with van der Waals surface area (Å²) in [5.41, 5.74) is 4.96. The predicted octanol–water partition coefficient (Wildman–Crippen LogP) is 4.73. The van der Waals surface area contributed by atoms with Crippen LogP contribution >= 0.6 is 0 Å². The van der Waals surface area contributed by atoms with Crippen LogP contribution in [-0.2, 0) is 6.42 Å². The van der Waals surface area contributed by atoms with Crippen LogP contribution in [0.15, 0.2) is 42.5 Å². The van der Waals surface area contributed by atoms with Gasteiger partial charge in [0.25, 0.3) is 0 Å². The minimum atomic E-state index is -0.164. The van der Waals surface area contributed by atoms with Crippen molar-refractivity contribution in [3.8, 4) is 0 Å². The van der Waals surface area contributed by atoms with E-state index in [1.54, 1.807) is 12.1 Å². The molecule has 0 fully saturated rings. The number of halogens is 1. The smallest absolute Gasteiger partial charge is 0.123 e. The van der Waals surface area contributed by atoms with E-state index in [0.717, 1.165) is 24.9 Å². The van der Waals surface area contributed by atoms with E-state index in [-0.39, 0.29) is 11.9 Å². The van der Waals surface area contributed by atoms with Gasteiger partial charge in [-0.1, -0.05) is 37.3 Å². The Labute approximate surface area is 127 Å². The SMILES string of the molecule is CCCNC(Cc1cccc(F)c1)c1c(C)cccc1C. The lowest BCUT2D eigenvalue weighted by atomic mass is 9.91. The van der Waals surface area contributed by atoms with E-state index in [1.807, 2.05) is 6.07 Å². The average Bonchev–Trinajstić information content (AvgIpc) is 2.44. The molecular formula is C19H24FN. The summed E-state index contributed by atoms with van der Waals surface area (Å²) in [5.74, 6) is -0.164. The van der Waals surface area contributed by atoms with Crippen molar-refractivity contribution in [2.45, 2.75) is 39.7 Å². The first kappa shape index (κ1) is 15.7. The maximum atomic E-state index is 13.4. The van der Waals surface area contributed by atoms with Gasteiger partial charge in [0.1, 0.15) is 5.82 Å². The van der Waals surface area contributed by atoms with Gasteiger partial charge in [0.2, 0.25) is 0 Å². The van der Waals surface area contributed by atoms with Crippen LogP contribution in [0.25, 0.3) is 0 Å². The zero-order valence-corrected chi connectivity index (χ0v) is 13.1. The Kier molecular flexibility index (Phi) is 5.51. The third-order valence-corrected chi connectivity index (χ3v) is 3.86. The maximum Gasteiger partial charge on any atom is 0.123 e. The minimum absolute atomic E-state index is 0.164. The lowest BCUT2D eigenvalue weighted by molar-refractivity contribution is 0.523. The van der Waals surface area contributed by atoms with Gasteiger partial charge in [-0.3, -0.25) is 0 Å². The summed E-state index contributed by atoms with van der Waals surface area (Å²) in [6.45, 7) is 7.42. The van der Waals surface area contributed by atoms with Crippen LogP contribution in [-0.4, -0.2) is 6.54 Å². The fourth-order valence-electron chi connectivity index (χ4n) is 2.87. The van der Waals surface area contributed by atoms with Crippen molar-refractivity contribution in [1.29, 1.82) is 0 Å². The van der Waals surface area contributed by atoms with E-state index in [2.05, 4.69) is 44.3 Å². The van der Waals surface area contributed by atoms with Gasteiger partial charge >= 0.3 is 0 Å². The molecule has 2 aromatic carbocycles. The van der Waals surface area contributed by atoms with Crippen molar-refractivity contribution in [3.05, 3.63) is 70.5 Å². The van der Waals surface area contributed by atoms with Gasteiger partial charge in [-0.15, -0.1) is 0 Å². The van der Waals surface area contributed by atoms with Crippen molar-refractivity contribution >= 4 is 0 Å². The van der Waals surface area contributed by atoms with Crippen LogP contribution in [0, 0.1) is 19.7 Å². The molecule has 0 aliphatic rings. The molecule has 2 rings (SSSR count). The van der Waals surface area contributed by atoms with Crippen LogP contribution in [0.4, 0.5) is 4.39 Å². The molecule has 1 unspecified atom stereocenters. The van der Waals surface area contributed by atoms with Gasteiger partial charge in [0.15, 0.2) is 0 Å². The predicted molar refractivity (Wildman–Crippen MR) is 87.1 cm³/mol. The summed E-state index contributed by atoms with van der Waals surface area (Å²) in [4.78, 5) is 0. The molecule has 0 aliphatic heterocycles. The molecule has 112 valence electrons. The van der Waals surface area contributed by atoms with Crippen molar-refractivity contribution in [2.75, 3.05) is 6.54 Å². The van der Waals surface area contributed by atoms with E-state index in [4.69, 9.17) is 0 Å². The first-order chi connectivity index (χ1) is 10.1. The van der Waals surface area contributed by atoms with Crippen molar-refractivity contribution in [3.63, 3.8) is 0 Å². The number of aryl methyl sites for hydroxylation is 2. The molecule has 0 heterocycles. The number of nitrogens with one attached hydrogen (secondary N) is 1. The zero-order valence-electron chi connectivity index (χ0n) is 13.1. The highest BCUT2D eigenvalue weighted by Crippen LogP contribution is 2.25. The lowest BCUT2D eigenvalue weighted by Crippen LogP contribution is -2.25.